The van der Waals surface area contributed by atoms with Crippen molar-refractivity contribution in [2.75, 3.05) is 0 Å². The Hall–Kier alpha value is -0.590. The summed E-state index contributed by atoms with van der Waals surface area (Å²) in [7, 11) is 0. The van der Waals surface area contributed by atoms with Crippen molar-refractivity contribution in [1.82, 2.24) is 5.32 Å². The van der Waals surface area contributed by atoms with E-state index in [1.54, 1.807) is 0 Å². The summed E-state index contributed by atoms with van der Waals surface area (Å²) in [5.41, 5.74) is 1.33. The zero-order valence-corrected chi connectivity index (χ0v) is 16.2. The Morgan fingerprint density at radius 3 is 2.24 bits per heavy atom. The van der Waals surface area contributed by atoms with Crippen LogP contribution in [0, 0.1) is 3.57 Å². The molecule has 21 heavy (non-hydrogen) atoms. The van der Waals surface area contributed by atoms with Crippen LogP contribution in [0.15, 0.2) is 46.9 Å². The molecule has 112 valence electrons. The summed E-state index contributed by atoms with van der Waals surface area (Å²) in [5, 5.41) is 3.48. The normalized spacial score (nSPS) is 11.5. The quantitative estimate of drug-likeness (QED) is 0.589. The fourth-order valence-electron chi connectivity index (χ4n) is 1.73. The van der Waals surface area contributed by atoms with Crippen molar-refractivity contribution in [1.29, 1.82) is 0 Å². The highest BCUT2D eigenvalue weighted by Crippen LogP contribution is 2.27. The fourth-order valence-corrected chi connectivity index (χ4v) is 2.59. The van der Waals surface area contributed by atoms with E-state index in [1.807, 2.05) is 36.4 Å². The molecular weight excluding hydrogens is 441 g/mol. The summed E-state index contributed by atoms with van der Waals surface area (Å²) in [6.45, 7) is 7.31. The minimum absolute atomic E-state index is 0.107. The van der Waals surface area contributed by atoms with Crippen molar-refractivity contribution in [3.63, 3.8) is 0 Å². The summed E-state index contributed by atoms with van der Waals surface area (Å²) in [5.74, 6) is 1.69. The van der Waals surface area contributed by atoms with Crippen LogP contribution in [0.2, 0.25) is 0 Å². The van der Waals surface area contributed by atoms with Gasteiger partial charge in [0.2, 0.25) is 0 Å². The topological polar surface area (TPSA) is 21.3 Å². The zero-order chi connectivity index (χ0) is 15.5. The fraction of sp³-hybridized carbons (Fsp3) is 0.294. The Labute approximate surface area is 148 Å². The maximum absolute atomic E-state index is 5.86. The summed E-state index contributed by atoms with van der Waals surface area (Å²) in [6.07, 6.45) is 0. The van der Waals surface area contributed by atoms with Gasteiger partial charge in [-0.05, 0) is 85.3 Å². The van der Waals surface area contributed by atoms with Gasteiger partial charge in [-0.2, -0.15) is 0 Å². The molecule has 0 unspecified atom stereocenters. The molecule has 2 rings (SSSR count). The highest BCUT2D eigenvalue weighted by Gasteiger charge is 2.10. The number of hydrogen-bond acceptors (Lipinski definition) is 2. The maximum atomic E-state index is 5.86. The first-order chi connectivity index (χ1) is 9.83. The van der Waals surface area contributed by atoms with E-state index in [4.69, 9.17) is 4.74 Å². The molecular formula is C17H19BrINO. The SMILES string of the molecule is CC(C)(C)NCc1ccc(Oc2ccc(I)cc2)cc1Br. The van der Waals surface area contributed by atoms with Crippen LogP contribution >= 0.6 is 38.5 Å². The van der Waals surface area contributed by atoms with E-state index < -0.39 is 0 Å². The number of halogens is 2. The third-order valence-electron chi connectivity index (χ3n) is 2.88. The number of ether oxygens (including phenoxy) is 1. The molecule has 0 saturated heterocycles. The Kier molecular flexibility index (Phi) is 5.68. The number of rotatable bonds is 4. The molecule has 0 atom stereocenters. The summed E-state index contributed by atoms with van der Waals surface area (Å²) >= 11 is 5.90. The van der Waals surface area contributed by atoms with Crippen LogP contribution in [-0.2, 0) is 6.54 Å². The van der Waals surface area contributed by atoms with Crippen LogP contribution < -0.4 is 10.1 Å². The van der Waals surface area contributed by atoms with E-state index in [0.29, 0.717) is 0 Å². The van der Waals surface area contributed by atoms with Gasteiger partial charge in [0.25, 0.3) is 0 Å². The standard InChI is InChI=1S/C17H19BrINO/c1-17(2,3)20-11-12-4-7-15(10-16(12)18)21-14-8-5-13(19)6-9-14/h4-10,20H,11H2,1-3H3. The lowest BCUT2D eigenvalue weighted by Gasteiger charge is -2.21. The van der Waals surface area contributed by atoms with Gasteiger partial charge in [-0.15, -0.1) is 0 Å². The highest BCUT2D eigenvalue weighted by atomic mass is 127. The van der Waals surface area contributed by atoms with E-state index in [1.165, 1.54) is 9.13 Å². The second-order valence-corrected chi connectivity index (χ2v) is 8.01. The number of nitrogens with one attached hydrogen (secondary N) is 1. The predicted molar refractivity (Wildman–Crippen MR) is 100.0 cm³/mol. The summed E-state index contributed by atoms with van der Waals surface area (Å²) < 4.78 is 8.12. The molecule has 0 fully saturated rings. The summed E-state index contributed by atoms with van der Waals surface area (Å²) in [4.78, 5) is 0. The van der Waals surface area contributed by atoms with Gasteiger partial charge in [0.1, 0.15) is 11.5 Å². The molecule has 0 radical (unpaired) electrons. The minimum atomic E-state index is 0.107. The van der Waals surface area contributed by atoms with Crippen molar-refractivity contribution >= 4 is 38.5 Å². The molecule has 0 heterocycles. The zero-order valence-electron chi connectivity index (χ0n) is 12.4. The van der Waals surface area contributed by atoms with Crippen molar-refractivity contribution < 1.29 is 4.74 Å². The lowest BCUT2D eigenvalue weighted by Crippen LogP contribution is -2.35. The monoisotopic (exact) mass is 459 g/mol. The van der Waals surface area contributed by atoms with Gasteiger partial charge in [0.05, 0.1) is 0 Å². The first-order valence-electron chi connectivity index (χ1n) is 6.80. The van der Waals surface area contributed by atoms with Crippen LogP contribution in [0.5, 0.6) is 11.5 Å². The molecule has 0 aliphatic carbocycles. The molecule has 0 spiro atoms. The Bertz CT molecular complexity index is 605. The molecule has 2 nitrogen and oxygen atoms in total. The molecule has 0 aromatic heterocycles. The maximum Gasteiger partial charge on any atom is 0.128 e. The average Bonchev–Trinajstić information content (AvgIpc) is 2.39. The van der Waals surface area contributed by atoms with Gasteiger partial charge in [-0.1, -0.05) is 22.0 Å². The molecule has 2 aromatic carbocycles. The van der Waals surface area contributed by atoms with E-state index in [0.717, 1.165) is 22.5 Å². The van der Waals surface area contributed by atoms with E-state index in [2.05, 4.69) is 70.7 Å². The van der Waals surface area contributed by atoms with Crippen LogP contribution in [0.25, 0.3) is 0 Å². The summed E-state index contributed by atoms with van der Waals surface area (Å²) in [6, 6.07) is 14.1. The minimum Gasteiger partial charge on any atom is -0.457 e. The van der Waals surface area contributed by atoms with Gasteiger partial charge in [-0.25, -0.2) is 0 Å². The molecule has 0 bridgehead atoms. The van der Waals surface area contributed by atoms with E-state index in [9.17, 15) is 0 Å². The Morgan fingerprint density at radius 1 is 1.05 bits per heavy atom. The van der Waals surface area contributed by atoms with Gasteiger partial charge < -0.3 is 10.1 Å². The van der Waals surface area contributed by atoms with Gasteiger partial charge >= 0.3 is 0 Å². The molecule has 0 saturated carbocycles. The lowest BCUT2D eigenvalue weighted by atomic mass is 10.1. The molecule has 4 heteroatoms. The van der Waals surface area contributed by atoms with Crippen LogP contribution in [0.4, 0.5) is 0 Å². The second kappa shape index (κ2) is 7.11. The highest BCUT2D eigenvalue weighted by molar-refractivity contribution is 14.1. The Morgan fingerprint density at radius 2 is 1.67 bits per heavy atom. The van der Waals surface area contributed by atoms with Crippen LogP contribution in [-0.4, -0.2) is 5.54 Å². The molecule has 2 aromatic rings. The van der Waals surface area contributed by atoms with E-state index in [-0.39, 0.29) is 5.54 Å². The second-order valence-electron chi connectivity index (χ2n) is 5.91. The van der Waals surface area contributed by atoms with Gasteiger partial charge in [0, 0.05) is 20.1 Å². The smallest absolute Gasteiger partial charge is 0.128 e. The van der Waals surface area contributed by atoms with Gasteiger partial charge in [-0.3, -0.25) is 0 Å². The van der Waals surface area contributed by atoms with E-state index >= 15 is 0 Å². The van der Waals surface area contributed by atoms with Crippen molar-refractivity contribution in [3.05, 3.63) is 56.1 Å². The predicted octanol–water partition coefficient (Wildman–Crippen LogP) is 5.73. The van der Waals surface area contributed by atoms with Crippen molar-refractivity contribution in [3.8, 4) is 11.5 Å². The average molecular weight is 460 g/mol. The molecule has 0 aliphatic heterocycles. The van der Waals surface area contributed by atoms with Crippen molar-refractivity contribution in [2.45, 2.75) is 32.9 Å². The lowest BCUT2D eigenvalue weighted by molar-refractivity contribution is 0.423. The molecule has 0 amide bonds. The Balaban J connectivity index is 2.06. The third-order valence-corrected chi connectivity index (χ3v) is 4.34. The first kappa shape index (κ1) is 16.8. The number of benzene rings is 2. The first-order valence-corrected chi connectivity index (χ1v) is 8.67. The molecule has 1 N–H and O–H groups in total. The molecule has 0 aliphatic rings. The van der Waals surface area contributed by atoms with Gasteiger partial charge in [0.15, 0.2) is 0 Å². The van der Waals surface area contributed by atoms with Crippen molar-refractivity contribution in [2.24, 2.45) is 0 Å². The van der Waals surface area contributed by atoms with Crippen LogP contribution in [0.1, 0.15) is 26.3 Å². The van der Waals surface area contributed by atoms with Crippen LogP contribution in [0.3, 0.4) is 0 Å². The largest absolute Gasteiger partial charge is 0.457 e. The number of hydrogen-bond donors (Lipinski definition) is 1. The third kappa shape index (κ3) is 5.60.